The molecule has 0 fully saturated rings. The number of carbonyl (C=O) groups excluding carboxylic acids is 1. The van der Waals surface area contributed by atoms with Crippen LogP contribution in [0, 0.1) is 0 Å². The Morgan fingerprint density at radius 3 is 2.71 bits per heavy atom. The first-order valence-corrected chi connectivity index (χ1v) is 6.98. The zero-order valence-electron chi connectivity index (χ0n) is 9.88. The van der Waals surface area contributed by atoms with Gasteiger partial charge in [-0.15, -0.1) is 0 Å². The molecule has 0 aliphatic carbocycles. The van der Waals surface area contributed by atoms with Crippen LogP contribution in [0.3, 0.4) is 0 Å². The van der Waals surface area contributed by atoms with E-state index in [0.717, 1.165) is 0 Å². The van der Waals surface area contributed by atoms with Crippen LogP contribution < -0.4 is 5.32 Å². The fourth-order valence-corrected chi connectivity index (χ4v) is 1.50. The summed E-state index contributed by atoms with van der Waals surface area (Å²) in [7, 11) is 0. The molecule has 1 aromatic heterocycles. The van der Waals surface area contributed by atoms with Crippen LogP contribution in [0.15, 0.2) is 12.3 Å². The SMILES string of the molecule is CSC(C)(C)CNC(=O)c1cnc(Cl)c(Cl)c1. The van der Waals surface area contributed by atoms with Gasteiger partial charge >= 0.3 is 0 Å². The van der Waals surface area contributed by atoms with Crippen molar-refractivity contribution in [3.63, 3.8) is 0 Å². The fourth-order valence-electron chi connectivity index (χ4n) is 1.01. The molecule has 0 unspecified atom stereocenters. The largest absolute Gasteiger partial charge is 0.351 e. The molecule has 0 saturated heterocycles. The molecule has 94 valence electrons. The summed E-state index contributed by atoms with van der Waals surface area (Å²) in [6.07, 6.45) is 3.42. The van der Waals surface area contributed by atoms with Gasteiger partial charge in [-0.25, -0.2) is 4.98 Å². The number of pyridine rings is 1. The number of halogens is 2. The van der Waals surface area contributed by atoms with Crippen LogP contribution in [0.25, 0.3) is 0 Å². The van der Waals surface area contributed by atoms with Crippen molar-refractivity contribution >= 4 is 40.9 Å². The van der Waals surface area contributed by atoms with Crippen molar-refractivity contribution in [1.82, 2.24) is 10.3 Å². The van der Waals surface area contributed by atoms with Gasteiger partial charge in [-0.05, 0) is 26.2 Å². The van der Waals surface area contributed by atoms with E-state index < -0.39 is 0 Å². The molecule has 3 nitrogen and oxygen atoms in total. The van der Waals surface area contributed by atoms with Gasteiger partial charge in [0.15, 0.2) is 0 Å². The van der Waals surface area contributed by atoms with Gasteiger partial charge in [0.25, 0.3) is 5.91 Å². The van der Waals surface area contributed by atoms with E-state index in [2.05, 4.69) is 24.1 Å². The number of nitrogens with one attached hydrogen (secondary N) is 1. The van der Waals surface area contributed by atoms with E-state index in [-0.39, 0.29) is 20.8 Å². The lowest BCUT2D eigenvalue weighted by molar-refractivity contribution is 0.0950. The van der Waals surface area contributed by atoms with Gasteiger partial charge in [0.1, 0.15) is 5.15 Å². The minimum absolute atomic E-state index is 0.000686. The molecule has 1 N–H and O–H groups in total. The number of aromatic nitrogens is 1. The molecule has 0 aliphatic rings. The average Bonchev–Trinajstić information content (AvgIpc) is 2.30. The highest BCUT2D eigenvalue weighted by molar-refractivity contribution is 7.99. The summed E-state index contributed by atoms with van der Waals surface area (Å²) in [6, 6.07) is 1.51. The number of rotatable bonds is 4. The van der Waals surface area contributed by atoms with Crippen molar-refractivity contribution in [3.05, 3.63) is 28.0 Å². The Balaban J connectivity index is 2.68. The lowest BCUT2D eigenvalue weighted by Crippen LogP contribution is -2.36. The second kappa shape index (κ2) is 5.94. The predicted molar refractivity (Wildman–Crippen MR) is 74.2 cm³/mol. The van der Waals surface area contributed by atoms with E-state index >= 15 is 0 Å². The van der Waals surface area contributed by atoms with E-state index in [1.54, 1.807) is 11.8 Å². The molecule has 0 aliphatic heterocycles. The topological polar surface area (TPSA) is 42.0 Å². The number of nitrogens with zero attached hydrogens (tertiary/aromatic N) is 1. The Hall–Kier alpha value is -0.450. The standard InChI is InChI=1S/C11H14Cl2N2OS/c1-11(2,17-3)6-15-10(16)7-4-8(12)9(13)14-5-7/h4-5H,6H2,1-3H3,(H,15,16). The average molecular weight is 293 g/mol. The summed E-state index contributed by atoms with van der Waals surface area (Å²) in [5.41, 5.74) is 0.413. The smallest absolute Gasteiger partial charge is 0.252 e. The Kier molecular flexibility index (Phi) is 5.10. The maximum absolute atomic E-state index is 11.8. The summed E-state index contributed by atoms with van der Waals surface area (Å²) in [5.74, 6) is -0.196. The van der Waals surface area contributed by atoms with Crippen molar-refractivity contribution in [2.75, 3.05) is 12.8 Å². The summed E-state index contributed by atoms with van der Waals surface area (Å²) < 4.78 is -0.000686. The van der Waals surface area contributed by atoms with E-state index in [9.17, 15) is 4.79 Å². The first-order valence-electron chi connectivity index (χ1n) is 5.00. The molecule has 1 aromatic rings. The molecule has 1 amide bonds. The molecule has 0 saturated carbocycles. The van der Waals surface area contributed by atoms with Gasteiger partial charge in [0.2, 0.25) is 0 Å². The summed E-state index contributed by atoms with van der Waals surface area (Å²) in [4.78, 5) is 15.6. The first-order chi connectivity index (χ1) is 7.85. The van der Waals surface area contributed by atoms with Gasteiger partial charge in [-0.2, -0.15) is 11.8 Å². The van der Waals surface area contributed by atoms with Gasteiger partial charge in [-0.3, -0.25) is 4.79 Å². The molecule has 17 heavy (non-hydrogen) atoms. The highest BCUT2D eigenvalue weighted by Crippen LogP contribution is 2.21. The van der Waals surface area contributed by atoms with E-state index in [4.69, 9.17) is 23.2 Å². The van der Waals surface area contributed by atoms with Crippen LogP contribution in [0.5, 0.6) is 0 Å². The van der Waals surface area contributed by atoms with E-state index in [1.807, 2.05) is 6.26 Å². The highest BCUT2D eigenvalue weighted by atomic mass is 35.5. The number of hydrogen-bond acceptors (Lipinski definition) is 3. The molecule has 0 bridgehead atoms. The molecular weight excluding hydrogens is 279 g/mol. The zero-order chi connectivity index (χ0) is 13.1. The third-order valence-corrected chi connectivity index (χ3v) is 4.22. The Morgan fingerprint density at radius 1 is 1.53 bits per heavy atom. The maximum atomic E-state index is 11.8. The second-order valence-corrected chi connectivity index (χ2v) is 6.42. The lowest BCUT2D eigenvalue weighted by Gasteiger charge is -2.22. The zero-order valence-corrected chi connectivity index (χ0v) is 12.2. The number of amides is 1. The lowest BCUT2D eigenvalue weighted by atomic mass is 10.2. The third kappa shape index (κ3) is 4.37. The molecule has 0 atom stereocenters. The molecule has 0 radical (unpaired) electrons. The van der Waals surface area contributed by atoms with E-state index in [1.165, 1.54) is 12.3 Å². The van der Waals surface area contributed by atoms with E-state index in [0.29, 0.717) is 12.1 Å². The van der Waals surface area contributed by atoms with Crippen LogP contribution in [0.2, 0.25) is 10.2 Å². The molecule has 1 rings (SSSR count). The molecule has 6 heteroatoms. The van der Waals surface area contributed by atoms with Crippen LogP contribution in [0.4, 0.5) is 0 Å². The first kappa shape index (κ1) is 14.6. The minimum Gasteiger partial charge on any atom is -0.351 e. The summed E-state index contributed by atoms with van der Waals surface area (Å²) >= 11 is 13.2. The Bertz CT molecular complexity index is 424. The third-order valence-electron chi connectivity index (χ3n) is 2.29. The van der Waals surface area contributed by atoms with Gasteiger partial charge < -0.3 is 5.32 Å². The number of hydrogen-bond donors (Lipinski definition) is 1. The molecule has 0 spiro atoms. The fraction of sp³-hybridized carbons (Fsp3) is 0.455. The Labute approximate surface area is 115 Å². The number of thioether (sulfide) groups is 1. The van der Waals surface area contributed by atoms with Gasteiger partial charge in [0.05, 0.1) is 10.6 Å². The molecular formula is C11H14Cl2N2OS. The van der Waals surface area contributed by atoms with Crippen LogP contribution >= 0.6 is 35.0 Å². The highest BCUT2D eigenvalue weighted by Gasteiger charge is 2.18. The Morgan fingerprint density at radius 2 is 2.18 bits per heavy atom. The van der Waals surface area contributed by atoms with Crippen molar-refractivity contribution in [2.24, 2.45) is 0 Å². The van der Waals surface area contributed by atoms with Crippen molar-refractivity contribution in [3.8, 4) is 0 Å². The second-order valence-electron chi connectivity index (χ2n) is 4.14. The van der Waals surface area contributed by atoms with Gasteiger partial charge in [0, 0.05) is 17.5 Å². The maximum Gasteiger partial charge on any atom is 0.252 e. The summed E-state index contributed by atoms with van der Waals surface area (Å²) in [6.45, 7) is 4.70. The van der Waals surface area contributed by atoms with Crippen LogP contribution in [0.1, 0.15) is 24.2 Å². The van der Waals surface area contributed by atoms with Crippen molar-refractivity contribution in [1.29, 1.82) is 0 Å². The monoisotopic (exact) mass is 292 g/mol. The predicted octanol–water partition coefficient (Wildman–Crippen LogP) is 3.26. The van der Waals surface area contributed by atoms with Crippen LogP contribution in [-0.2, 0) is 0 Å². The molecule has 0 aromatic carbocycles. The normalized spacial score (nSPS) is 11.4. The number of carbonyl (C=O) groups is 1. The quantitative estimate of drug-likeness (QED) is 0.866. The van der Waals surface area contributed by atoms with Gasteiger partial charge in [-0.1, -0.05) is 23.2 Å². The minimum atomic E-state index is -0.196. The van der Waals surface area contributed by atoms with Crippen molar-refractivity contribution in [2.45, 2.75) is 18.6 Å². The van der Waals surface area contributed by atoms with Crippen molar-refractivity contribution < 1.29 is 4.79 Å². The van der Waals surface area contributed by atoms with Crippen LogP contribution in [-0.4, -0.2) is 28.4 Å². The molecule has 1 heterocycles. The summed E-state index contributed by atoms with van der Waals surface area (Å²) in [5, 5.41) is 3.32.